The van der Waals surface area contributed by atoms with Crippen molar-refractivity contribution in [2.24, 2.45) is 0 Å². The lowest BCUT2D eigenvalue weighted by Crippen LogP contribution is -2.63. The number of ether oxygens (including phenoxy) is 4. The normalized spacial score (nSPS) is 15.7. The third kappa shape index (κ3) is 10.3. The van der Waals surface area contributed by atoms with E-state index in [0.717, 1.165) is 11.1 Å². The van der Waals surface area contributed by atoms with Crippen LogP contribution in [0.5, 0.6) is 5.75 Å². The zero-order valence-electron chi connectivity index (χ0n) is 25.9. The van der Waals surface area contributed by atoms with Crippen LogP contribution in [-0.4, -0.2) is 90.7 Å². The first-order chi connectivity index (χ1) is 20.9. The second-order valence-corrected chi connectivity index (χ2v) is 11.2. The smallest absolute Gasteiger partial charge is 0.408 e. The van der Waals surface area contributed by atoms with E-state index in [1.807, 2.05) is 25.1 Å². The molecule has 2 atom stereocenters. The molecule has 0 unspecified atom stereocenters. The highest BCUT2D eigenvalue weighted by molar-refractivity contribution is 5.95. The van der Waals surface area contributed by atoms with Crippen molar-refractivity contribution in [2.75, 3.05) is 33.4 Å². The average Bonchev–Trinajstić information content (AvgIpc) is 2.98. The van der Waals surface area contributed by atoms with Gasteiger partial charge in [0, 0.05) is 19.5 Å². The summed E-state index contributed by atoms with van der Waals surface area (Å²) in [5, 5.41) is 2.65. The fourth-order valence-corrected chi connectivity index (χ4v) is 4.66. The number of carbonyl (C=O) groups excluding carboxylic acids is 5. The van der Waals surface area contributed by atoms with E-state index in [1.54, 1.807) is 57.2 Å². The Hall–Kier alpha value is -4.61. The number of methoxy groups -OCH3 is 1. The first-order valence-electron chi connectivity index (χ1n) is 14.5. The van der Waals surface area contributed by atoms with Crippen LogP contribution in [0.15, 0.2) is 54.6 Å². The Balaban J connectivity index is 1.83. The largest absolute Gasteiger partial charge is 0.494 e. The lowest BCUT2D eigenvalue weighted by atomic mass is 10.0. The van der Waals surface area contributed by atoms with Crippen molar-refractivity contribution in [3.05, 3.63) is 65.7 Å². The van der Waals surface area contributed by atoms with Gasteiger partial charge in [-0.1, -0.05) is 42.5 Å². The molecule has 0 aliphatic carbocycles. The summed E-state index contributed by atoms with van der Waals surface area (Å²) in [5.41, 5.74) is 0.731. The Kier molecular flexibility index (Phi) is 12.1. The SMILES string of the molecule is CCOc1ccc(C[C@H](NC(=O)OCc2ccccc2)C(=O)N2CCN(CC(=O)OC(C)(C)C)C(=O)[C@@H]2CC(=O)OC)cc1. The summed E-state index contributed by atoms with van der Waals surface area (Å²) in [6.07, 6.45) is -1.18. The number of amides is 3. The Morgan fingerprint density at radius 3 is 2.25 bits per heavy atom. The number of benzene rings is 2. The molecular weight excluding hydrogens is 570 g/mol. The maximum absolute atomic E-state index is 14.0. The maximum Gasteiger partial charge on any atom is 0.408 e. The molecule has 0 radical (unpaired) electrons. The molecule has 1 aliphatic rings. The molecule has 3 rings (SSSR count). The third-order valence-corrected chi connectivity index (χ3v) is 6.67. The molecule has 12 heteroatoms. The minimum atomic E-state index is -1.25. The number of hydrogen-bond acceptors (Lipinski definition) is 9. The molecule has 3 amide bonds. The second kappa shape index (κ2) is 15.7. The van der Waals surface area contributed by atoms with Crippen molar-refractivity contribution >= 4 is 29.8 Å². The number of nitrogens with one attached hydrogen (secondary N) is 1. The van der Waals surface area contributed by atoms with Gasteiger partial charge in [0.05, 0.1) is 20.1 Å². The van der Waals surface area contributed by atoms with Gasteiger partial charge in [-0.25, -0.2) is 4.79 Å². The highest BCUT2D eigenvalue weighted by Crippen LogP contribution is 2.20. The molecule has 0 aromatic heterocycles. The number of piperazine rings is 1. The molecular formula is C32H41N3O9. The van der Waals surface area contributed by atoms with E-state index < -0.39 is 54.0 Å². The summed E-state index contributed by atoms with van der Waals surface area (Å²) in [4.78, 5) is 67.8. The van der Waals surface area contributed by atoms with E-state index in [1.165, 1.54) is 16.9 Å². The van der Waals surface area contributed by atoms with Crippen LogP contribution < -0.4 is 10.1 Å². The van der Waals surface area contributed by atoms with Crippen LogP contribution >= 0.6 is 0 Å². The van der Waals surface area contributed by atoms with E-state index in [0.29, 0.717) is 12.4 Å². The van der Waals surface area contributed by atoms with E-state index in [2.05, 4.69) is 5.32 Å². The standard InChI is InChI=1S/C32H41N3O9/c1-6-42-24-14-12-22(13-15-24)18-25(33-31(40)43-21-23-10-8-7-9-11-23)29(38)35-17-16-34(20-28(37)44-32(2,3)4)30(39)26(35)19-27(36)41-5/h7-15,25-26H,6,16-21H2,1-5H3,(H,33,40)/t25-,26-/m0/s1. The fraction of sp³-hybridized carbons (Fsp3) is 0.469. The van der Waals surface area contributed by atoms with Crippen LogP contribution in [0.2, 0.25) is 0 Å². The van der Waals surface area contributed by atoms with Crippen molar-refractivity contribution in [3.63, 3.8) is 0 Å². The average molecular weight is 612 g/mol. The first kappa shape index (κ1) is 33.9. The van der Waals surface area contributed by atoms with Crippen molar-refractivity contribution in [1.29, 1.82) is 0 Å². The van der Waals surface area contributed by atoms with Crippen LogP contribution in [0.3, 0.4) is 0 Å². The molecule has 1 N–H and O–H groups in total. The lowest BCUT2D eigenvalue weighted by Gasteiger charge is -2.41. The second-order valence-electron chi connectivity index (χ2n) is 11.2. The van der Waals surface area contributed by atoms with Crippen molar-refractivity contribution in [3.8, 4) is 5.75 Å². The topological polar surface area (TPSA) is 141 Å². The number of esters is 2. The molecule has 1 fully saturated rings. The van der Waals surface area contributed by atoms with Gasteiger partial charge in [0.15, 0.2) is 0 Å². The minimum Gasteiger partial charge on any atom is -0.494 e. The van der Waals surface area contributed by atoms with Gasteiger partial charge >= 0.3 is 18.0 Å². The molecule has 44 heavy (non-hydrogen) atoms. The number of rotatable bonds is 12. The molecule has 1 aliphatic heterocycles. The monoisotopic (exact) mass is 611 g/mol. The molecule has 1 heterocycles. The molecule has 1 saturated heterocycles. The predicted octanol–water partition coefficient (Wildman–Crippen LogP) is 2.87. The Morgan fingerprint density at radius 1 is 0.955 bits per heavy atom. The Morgan fingerprint density at radius 2 is 1.64 bits per heavy atom. The summed E-state index contributed by atoms with van der Waals surface area (Å²) < 4.78 is 21.0. The summed E-state index contributed by atoms with van der Waals surface area (Å²) in [6, 6.07) is 13.7. The summed E-state index contributed by atoms with van der Waals surface area (Å²) >= 11 is 0. The van der Waals surface area contributed by atoms with Gasteiger partial charge in [-0.3, -0.25) is 19.2 Å². The molecule has 0 saturated carbocycles. The molecule has 2 aromatic rings. The van der Waals surface area contributed by atoms with Crippen LogP contribution in [0.25, 0.3) is 0 Å². The van der Waals surface area contributed by atoms with Crippen LogP contribution in [0.4, 0.5) is 4.79 Å². The van der Waals surface area contributed by atoms with Crippen LogP contribution in [0.1, 0.15) is 45.2 Å². The summed E-state index contributed by atoms with van der Waals surface area (Å²) in [7, 11) is 1.18. The fourth-order valence-electron chi connectivity index (χ4n) is 4.66. The predicted molar refractivity (Wildman–Crippen MR) is 159 cm³/mol. The molecule has 0 bridgehead atoms. The van der Waals surface area contributed by atoms with Gasteiger partial charge in [-0.05, 0) is 51.0 Å². The third-order valence-electron chi connectivity index (χ3n) is 6.67. The van der Waals surface area contributed by atoms with E-state index >= 15 is 0 Å². The Labute approximate surface area is 257 Å². The minimum absolute atomic E-state index is 0.00948. The highest BCUT2D eigenvalue weighted by Gasteiger charge is 2.42. The van der Waals surface area contributed by atoms with E-state index in [9.17, 15) is 24.0 Å². The van der Waals surface area contributed by atoms with Gasteiger partial charge < -0.3 is 34.1 Å². The first-order valence-corrected chi connectivity index (χ1v) is 14.5. The zero-order valence-corrected chi connectivity index (χ0v) is 25.9. The molecule has 2 aromatic carbocycles. The number of alkyl carbamates (subject to hydrolysis) is 1. The van der Waals surface area contributed by atoms with Gasteiger partial charge in [-0.15, -0.1) is 0 Å². The van der Waals surface area contributed by atoms with Gasteiger partial charge in [0.25, 0.3) is 0 Å². The van der Waals surface area contributed by atoms with Crippen LogP contribution in [0, 0.1) is 0 Å². The van der Waals surface area contributed by atoms with Crippen molar-refractivity contribution in [1.82, 2.24) is 15.1 Å². The van der Waals surface area contributed by atoms with Crippen molar-refractivity contribution < 1.29 is 42.9 Å². The van der Waals surface area contributed by atoms with Crippen LogP contribution in [-0.2, 0) is 46.4 Å². The zero-order chi connectivity index (χ0) is 32.3. The van der Waals surface area contributed by atoms with Gasteiger partial charge in [0.2, 0.25) is 11.8 Å². The quantitative estimate of drug-likeness (QED) is 0.283. The van der Waals surface area contributed by atoms with E-state index in [4.69, 9.17) is 18.9 Å². The highest BCUT2D eigenvalue weighted by atomic mass is 16.6. The lowest BCUT2D eigenvalue weighted by molar-refractivity contribution is -0.164. The van der Waals surface area contributed by atoms with Gasteiger partial charge in [0.1, 0.15) is 36.6 Å². The summed E-state index contributed by atoms with van der Waals surface area (Å²) in [6.45, 7) is 7.19. The molecule has 0 spiro atoms. The summed E-state index contributed by atoms with van der Waals surface area (Å²) in [5.74, 6) is -1.86. The van der Waals surface area contributed by atoms with Crippen molar-refractivity contribution in [2.45, 2.75) is 64.8 Å². The maximum atomic E-state index is 14.0. The van der Waals surface area contributed by atoms with Gasteiger partial charge in [-0.2, -0.15) is 0 Å². The Bertz CT molecular complexity index is 1290. The van der Waals surface area contributed by atoms with E-state index in [-0.39, 0.29) is 32.7 Å². The molecule has 12 nitrogen and oxygen atoms in total. The number of hydrogen-bond donors (Lipinski definition) is 1. The number of nitrogens with zero attached hydrogens (tertiary/aromatic N) is 2. The molecule has 238 valence electrons. The number of carbonyl (C=O) groups is 5.